The summed E-state index contributed by atoms with van der Waals surface area (Å²) in [6.45, 7) is 6.17. The summed E-state index contributed by atoms with van der Waals surface area (Å²) in [6, 6.07) is 12.9. The summed E-state index contributed by atoms with van der Waals surface area (Å²) in [5, 5.41) is 11.1. The number of amidine groups is 1. The molecular formula is C26H23FN8O2. The fourth-order valence-corrected chi connectivity index (χ4v) is 3.99. The quantitative estimate of drug-likeness (QED) is 0.339. The predicted octanol–water partition coefficient (Wildman–Crippen LogP) is 5.23. The highest BCUT2D eigenvalue weighted by Crippen LogP contribution is 2.33. The van der Waals surface area contributed by atoms with Crippen LogP contribution in [0.25, 0.3) is 16.6 Å². The fourth-order valence-electron chi connectivity index (χ4n) is 3.99. The number of aliphatic imine (C=N–C) groups is 1. The van der Waals surface area contributed by atoms with E-state index in [1.807, 2.05) is 32.0 Å². The van der Waals surface area contributed by atoms with Crippen LogP contribution in [0.5, 0.6) is 11.5 Å². The van der Waals surface area contributed by atoms with Gasteiger partial charge in [0.2, 0.25) is 0 Å². The molecule has 0 amide bonds. The van der Waals surface area contributed by atoms with Gasteiger partial charge in [-0.15, -0.1) is 0 Å². The summed E-state index contributed by atoms with van der Waals surface area (Å²) in [6.07, 6.45) is 4.62. The Hall–Kier alpha value is -4.80. The Morgan fingerprint density at radius 3 is 2.76 bits per heavy atom. The van der Waals surface area contributed by atoms with Crippen molar-refractivity contribution in [2.45, 2.75) is 26.3 Å². The lowest BCUT2D eigenvalue weighted by atomic mass is 10.1. The number of anilines is 3. The Kier molecular flexibility index (Phi) is 5.32. The first-order valence-electron chi connectivity index (χ1n) is 11.6. The molecular weight excluding hydrogens is 475 g/mol. The minimum absolute atomic E-state index is 0.265. The van der Waals surface area contributed by atoms with Gasteiger partial charge in [-0.2, -0.15) is 5.10 Å². The second-order valence-electron chi connectivity index (χ2n) is 9.30. The second kappa shape index (κ2) is 8.70. The number of rotatable bonds is 5. The normalized spacial score (nSPS) is 14.4. The van der Waals surface area contributed by atoms with Crippen LogP contribution in [0, 0.1) is 12.7 Å². The van der Waals surface area contributed by atoms with E-state index < -0.39 is 5.82 Å². The molecule has 6 rings (SSSR count). The first-order valence-corrected chi connectivity index (χ1v) is 11.6. The minimum Gasteiger partial charge on any atom is -0.462 e. The van der Waals surface area contributed by atoms with Crippen molar-refractivity contribution in [1.82, 2.24) is 24.6 Å². The molecule has 10 nitrogen and oxygen atoms in total. The monoisotopic (exact) mass is 498 g/mol. The topological polar surface area (TPSA) is 111 Å². The average molecular weight is 499 g/mol. The molecule has 0 atom stereocenters. The third kappa shape index (κ3) is 4.46. The van der Waals surface area contributed by atoms with Crippen LogP contribution >= 0.6 is 0 Å². The number of hydrogen-bond acceptors (Lipinski definition) is 9. The molecule has 0 unspecified atom stereocenters. The van der Waals surface area contributed by atoms with Gasteiger partial charge >= 0.3 is 0 Å². The molecule has 0 radical (unpaired) electrons. The zero-order valence-electron chi connectivity index (χ0n) is 20.4. The van der Waals surface area contributed by atoms with Crippen molar-refractivity contribution in [1.29, 1.82) is 0 Å². The van der Waals surface area contributed by atoms with E-state index >= 15 is 4.39 Å². The Labute approximate surface area is 211 Å². The highest BCUT2D eigenvalue weighted by Gasteiger charge is 2.26. The number of fused-ring (bicyclic) bond motifs is 2. The van der Waals surface area contributed by atoms with Crippen LogP contribution in [0.4, 0.5) is 21.6 Å². The molecule has 37 heavy (non-hydrogen) atoms. The van der Waals surface area contributed by atoms with Crippen LogP contribution in [0.15, 0.2) is 66.3 Å². The largest absolute Gasteiger partial charge is 0.462 e. The molecule has 186 valence electrons. The van der Waals surface area contributed by atoms with E-state index in [1.54, 1.807) is 41.9 Å². The van der Waals surface area contributed by atoms with Crippen LogP contribution in [0.2, 0.25) is 0 Å². The molecule has 1 aliphatic rings. The molecule has 5 aromatic rings. The summed E-state index contributed by atoms with van der Waals surface area (Å²) >= 11 is 0. The molecule has 0 fully saturated rings. The van der Waals surface area contributed by atoms with Crippen molar-refractivity contribution in [3.05, 3.63) is 72.7 Å². The van der Waals surface area contributed by atoms with Crippen molar-refractivity contribution in [3.63, 3.8) is 0 Å². The van der Waals surface area contributed by atoms with Gasteiger partial charge in [0, 0.05) is 28.9 Å². The van der Waals surface area contributed by atoms with Crippen molar-refractivity contribution < 1.29 is 13.9 Å². The second-order valence-corrected chi connectivity index (χ2v) is 9.30. The molecule has 0 aliphatic carbocycles. The van der Waals surface area contributed by atoms with Gasteiger partial charge < -0.3 is 20.1 Å². The van der Waals surface area contributed by atoms with Gasteiger partial charge in [0.1, 0.15) is 36.6 Å². The number of pyridine rings is 1. The molecule has 1 aliphatic heterocycles. The number of ether oxygens (including phenoxy) is 2. The maximum Gasteiger partial charge on any atom is 0.289 e. The van der Waals surface area contributed by atoms with Crippen molar-refractivity contribution >= 4 is 39.8 Å². The molecule has 2 aromatic carbocycles. The lowest BCUT2D eigenvalue weighted by Crippen LogP contribution is -2.17. The predicted molar refractivity (Wildman–Crippen MR) is 138 cm³/mol. The number of benzene rings is 2. The van der Waals surface area contributed by atoms with E-state index in [0.29, 0.717) is 52.1 Å². The zero-order valence-corrected chi connectivity index (χ0v) is 20.4. The highest BCUT2D eigenvalue weighted by atomic mass is 19.1. The number of nitrogens with zero attached hydrogens (tertiary/aromatic N) is 6. The molecule has 2 N–H and O–H groups in total. The van der Waals surface area contributed by atoms with Gasteiger partial charge in [-0.3, -0.25) is 0 Å². The first kappa shape index (κ1) is 22.7. The van der Waals surface area contributed by atoms with E-state index in [0.717, 1.165) is 5.69 Å². The maximum atomic E-state index is 15.4. The molecule has 3 aromatic heterocycles. The SMILES string of the molecule is Cc1c(Oc2ccn3ncnc3c2)ccc(Nc2ncnc3ccc(NC4=NC(C)(C)CO4)cc23)c1F. The fraction of sp³-hybridized carbons (Fsp3) is 0.192. The molecule has 0 spiro atoms. The lowest BCUT2D eigenvalue weighted by Gasteiger charge is -2.14. The highest BCUT2D eigenvalue weighted by molar-refractivity contribution is 5.97. The number of halogens is 1. The van der Waals surface area contributed by atoms with Crippen molar-refractivity contribution in [3.8, 4) is 11.5 Å². The van der Waals surface area contributed by atoms with E-state index in [1.165, 1.54) is 12.7 Å². The average Bonchev–Trinajstić information content (AvgIpc) is 3.49. The number of hydrogen-bond donors (Lipinski definition) is 2. The van der Waals surface area contributed by atoms with Crippen LogP contribution in [-0.4, -0.2) is 42.7 Å². The van der Waals surface area contributed by atoms with E-state index in [2.05, 4.69) is 35.7 Å². The van der Waals surface area contributed by atoms with Gasteiger partial charge in [-0.1, -0.05) is 0 Å². The van der Waals surface area contributed by atoms with Gasteiger partial charge in [0.05, 0.1) is 16.7 Å². The number of nitrogens with one attached hydrogen (secondary N) is 2. The van der Waals surface area contributed by atoms with Crippen LogP contribution < -0.4 is 15.4 Å². The first-order chi connectivity index (χ1) is 17.8. The van der Waals surface area contributed by atoms with Gasteiger partial charge in [-0.05, 0) is 57.2 Å². The Balaban J connectivity index is 1.27. The smallest absolute Gasteiger partial charge is 0.289 e. The standard InChI is InChI=1S/C26H23FN8O2/c1-15-21(37-17-8-9-35-22(11-17)29-14-31-35)7-6-20(23(15)27)33-24-18-10-16(4-5-19(18)28-13-30-24)32-25-34-26(2,3)12-36-25/h4-11,13-14H,12H2,1-3H3,(H,32,34)(H,28,30,33). The molecule has 0 bridgehead atoms. The summed E-state index contributed by atoms with van der Waals surface area (Å²) in [4.78, 5) is 17.4. The lowest BCUT2D eigenvalue weighted by molar-refractivity contribution is 0.278. The van der Waals surface area contributed by atoms with E-state index in [-0.39, 0.29) is 11.2 Å². The van der Waals surface area contributed by atoms with Crippen LogP contribution in [0.1, 0.15) is 19.4 Å². The van der Waals surface area contributed by atoms with Crippen molar-refractivity contribution in [2.24, 2.45) is 4.99 Å². The molecule has 4 heterocycles. The summed E-state index contributed by atoms with van der Waals surface area (Å²) in [5.74, 6) is 0.946. The molecule has 0 saturated heterocycles. The van der Waals surface area contributed by atoms with Gasteiger partial charge in [0.15, 0.2) is 11.5 Å². The molecule has 0 saturated carbocycles. The minimum atomic E-state index is -0.446. The van der Waals surface area contributed by atoms with Crippen LogP contribution in [-0.2, 0) is 4.74 Å². The van der Waals surface area contributed by atoms with Crippen LogP contribution in [0.3, 0.4) is 0 Å². The van der Waals surface area contributed by atoms with E-state index in [9.17, 15) is 0 Å². The van der Waals surface area contributed by atoms with Crippen molar-refractivity contribution in [2.75, 3.05) is 17.2 Å². The van der Waals surface area contributed by atoms with E-state index in [4.69, 9.17) is 9.47 Å². The Bertz CT molecular complexity index is 1680. The Morgan fingerprint density at radius 2 is 1.92 bits per heavy atom. The maximum absolute atomic E-state index is 15.4. The Morgan fingerprint density at radius 1 is 1.03 bits per heavy atom. The third-order valence-electron chi connectivity index (χ3n) is 5.92. The summed E-state index contributed by atoms with van der Waals surface area (Å²) in [5.41, 5.74) is 2.44. The molecule has 11 heteroatoms. The third-order valence-corrected chi connectivity index (χ3v) is 5.92. The van der Waals surface area contributed by atoms with Gasteiger partial charge in [0.25, 0.3) is 6.02 Å². The summed E-state index contributed by atoms with van der Waals surface area (Å²) < 4.78 is 28.6. The summed E-state index contributed by atoms with van der Waals surface area (Å²) in [7, 11) is 0. The van der Waals surface area contributed by atoms with Gasteiger partial charge in [-0.25, -0.2) is 28.9 Å². The number of aromatic nitrogens is 5. The zero-order chi connectivity index (χ0) is 25.6.